The zero-order valence-electron chi connectivity index (χ0n) is 16.8. The second-order valence-electron chi connectivity index (χ2n) is 7.76. The van der Waals surface area contributed by atoms with E-state index in [9.17, 15) is 4.79 Å². The summed E-state index contributed by atoms with van der Waals surface area (Å²) >= 11 is 0. The molecule has 0 aromatic heterocycles. The number of nitrogens with one attached hydrogen (secondary N) is 1. The summed E-state index contributed by atoms with van der Waals surface area (Å²) in [4.78, 5) is 14.5. The van der Waals surface area contributed by atoms with Gasteiger partial charge < -0.3 is 14.8 Å². The first kappa shape index (κ1) is 20.7. The lowest BCUT2D eigenvalue weighted by atomic mass is 10.0. The van der Waals surface area contributed by atoms with E-state index in [1.165, 1.54) is 5.56 Å². The van der Waals surface area contributed by atoms with Gasteiger partial charge in [-0.3, -0.25) is 9.69 Å². The van der Waals surface area contributed by atoms with E-state index in [0.29, 0.717) is 19.6 Å². The molecule has 0 atom stereocenters. The van der Waals surface area contributed by atoms with E-state index in [4.69, 9.17) is 9.47 Å². The van der Waals surface area contributed by atoms with Gasteiger partial charge in [-0.05, 0) is 57.7 Å². The van der Waals surface area contributed by atoms with Crippen LogP contribution < -0.4 is 10.1 Å². The molecule has 0 spiro atoms. The van der Waals surface area contributed by atoms with Crippen LogP contribution in [0.5, 0.6) is 5.75 Å². The van der Waals surface area contributed by atoms with Gasteiger partial charge in [0.1, 0.15) is 5.75 Å². The van der Waals surface area contributed by atoms with Crippen molar-refractivity contribution < 1.29 is 14.3 Å². The van der Waals surface area contributed by atoms with Crippen molar-refractivity contribution >= 4 is 5.91 Å². The molecule has 2 rings (SSSR count). The highest BCUT2D eigenvalue weighted by molar-refractivity contribution is 5.75. The molecule has 26 heavy (non-hydrogen) atoms. The highest BCUT2D eigenvalue weighted by Gasteiger charge is 2.28. The van der Waals surface area contributed by atoms with E-state index >= 15 is 0 Å². The summed E-state index contributed by atoms with van der Waals surface area (Å²) in [7, 11) is 0. The van der Waals surface area contributed by atoms with Crippen LogP contribution >= 0.6 is 0 Å². The average Bonchev–Trinajstić information content (AvgIpc) is 2.63. The fraction of sp³-hybridized carbons (Fsp3) is 0.667. The molecule has 5 nitrogen and oxygen atoms in total. The van der Waals surface area contributed by atoms with Gasteiger partial charge in [0, 0.05) is 31.6 Å². The van der Waals surface area contributed by atoms with Crippen molar-refractivity contribution in [2.24, 2.45) is 0 Å². The Hall–Kier alpha value is -1.59. The van der Waals surface area contributed by atoms with Crippen LogP contribution in [0.1, 0.15) is 44.2 Å². The Kier molecular flexibility index (Phi) is 7.91. The number of ether oxygens (including phenoxy) is 2. The molecule has 0 unspecified atom stereocenters. The number of benzene rings is 1. The maximum Gasteiger partial charge on any atom is 0.220 e. The Balaban J connectivity index is 1.60. The van der Waals surface area contributed by atoms with Crippen molar-refractivity contribution in [2.45, 2.75) is 52.5 Å². The predicted octanol–water partition coefficient (Wildman–Crippen LogP) is 3.08. The number of morpholine rings is 1. The van der Waals surface area contributed by atoms with Crippen LogP contribution in [0, 0.1) is 13.8 Å². The number of hydrogen-bond acceptors (Lipinski definition) is 4. The summed E-state index contributed by atoms with van der Waals surface area (Å²) in [5.41, 5.74) is 2.32. The third-order valence-electron chi connectivity index (χ3n) is 4.98. The molecule has 1 aromatic carbocycles. The molecule has 1 heterocycles. The Morgan fingerprint density at radius 3 is 2.69 bits per heavy atom. The van der Waals surface area contributed by atoms with E-state index < -0.39 is 0 Å². The largest absolute Gasteiger partial charge is 0.493 e. The Bertz CT molecular complexity index is 581. The van der Waals surface area contributed by atoms with Gasteiger partial charge in [0.2, 0.25) is 5.91 Å². The number of nitrogens with zero attached hydrogens (tertiary/aromatic N) is 1. The second-order valence-corrected chi connectivity index (χ2v) is 7.76. The molecule has 0 saturated carbocycles. The zero-order valence-corrected chi connectivity index (χ0v) is 16.8. The number of carbonyl (C=O) groups is 1. The molecule has 0 radical (unpaired) electrons. The highest BCUT2D eigenvalue weighted by atomic mass is 16.5. The van der Waals surface area contributed by atoms with E-state index in [1.807, 2.05) is 0 Å². The molecular weight excluding hydrogens is 328 g/mol. The fourth-order valence-electron chi connectivity index (χ4n) is 3.12. The molecule has 1 aliphatic heterocycles. The lowest BCUT2D eigenvalue weighted by Gasteiger charge is -2.40. The van der Waals surface area contributed by atoms with Gasteiger partial charge in [0.25, 0.3) is 0 Å². The van der Waals surface area contributed by atoms with Crippen molar-refractivity contribution in [1.82, 2.24) is 10.2 Å². The predicted molar refractivity (Wildman–Crippen MR) is 105 cm³/mol. The van der Waals surface area contributed by atoms with Crippen LogP contribution in [0.2, 0.25) is 0 Å². The summed E-state index contributed by atoms with van der Waals surface area (Å²) in [5, 5.41) is 3.08. The van der Waals surface area contributed by atoms with Crippen LogP contribution in [0.4, 0.5) is 0 Å². The summed E-state index contributed by atoms with van der Waals surface area (Å²) < 4.78 is 11.2. The van der Waals surface area contributed by atoms with Gasteiger partial charge >= 0.3 is 0 Å². The topological polar surface area (TPSA) is 50.8 Å². The molecule has 1 saturated heterocycles. The molecular formula is C21H34N2O3. The van der Waals surface area contributed by atoms with Crippen molar-refractivity contribution in [2.75, 3.05) is 39.5 Å². The van der Waals surface area contributed by atoms with Gasteiger partial charge in [-0.25, -0.2) is 0 Å². The summed E-state index contributed by atoms with van der Waals surface area (Å²) in [6, 6.07) is 6.23. The number of unbranched alkanes of at least 4 members (excludes halogenated alkanes) is 1. The van der Waals surface area contributed by atoms with Gasteiger partial charge in [-0.15, -0.1) is 0 Å². The standard InChI is InChI=1S/C21H34N2O3/c1-17-8-9-18(2)19(15-17)26-12-6-5-7-20(24)22-16-21(3,4)23-10-13-25-14-11-23/h8-9,15H,5-7,10-14,16H2,1-4H3,(H,22,24). The molecule has 1 fully saturated rings. The Morgan fingerprint density at radius 2 is 1.96 bits per heavy atom. The van der Waals surface area contributed by atoms with Gasteiger partial charge in [-0.1, -0.05) is 12.1 Å². The highest BCUT2D eigenvalue weighted by Crippen LogP contribution is 2.19. The maximum atomic E-state index is 12.1. The molecule has 0 aliphatic carbocycles. The van der Waals surface area contributed by atoms with Crippen molar-refractivity contribution in [3.63, 3.8) is 0 Å². The van der Waals surface area contributed by atoms with Crippen molar-refractivity contribution in [3.8, 4) is 5.75 Å². The number of amides is 1. The van der Waals surface area contributed by atoms with Crippen LogP contribution in [0.3, 0.4) is 0 Å². The van der Waals surface area contributed by atoms with E-state index in [1.54, 1.807) is 0 Å². The number of aryl methyl sites for hydroxylation is 2. The maximum absolute atomic E-state index is 12.1. The van der Waals surface area contributed by atoms with Crippen molar-refractivity contribution in [1.29, 1.82) is 0 Å². The molecule has 1 N–H and O–H groups in total. The Labute approximate surface area is 158 Å². The first-order valence-corrected chi connectivity index (χ1v) is 9.68. The third kappa shape index (κ3) is 6.61. The van der Waals surface area contributed by atoms with Crippen LogP contribution in [-0.4, -0.2) is 55.8 Å². The summed E-state index contributed by atoms with van der Waals surface area (Å²) in [5.74, 6) is 1.07. The lowest BCUT2D eigenvalue weighted by Crippen LogP contribution is -2.55. The lowest BCUT2D eigenvalue weighted by molar-refractivity contribution is -0.122. The number of rotatable bonds is 9. The van der Waals surface area contributed by atoms with Gasteiger partial charge in [0.05, 0.1) is 19.8 Å². The first-order valence-electron chi connectivity index (χ1n) is 9.68. The third-order valence-corrected chi connectivity index (χ3v) is 4.98. The smallest absolute Gasteiger partial charge is 0.220 e. The van der Waals surface area contributed by atoms with Crippen LogP contribution in [0.15, 0.2) is 18.2 Å². The first-order chi connectivity index (χ1) is 12.4. The van der Waals surface area contributed by atoms with E-state index in [-0.39, 0.29) is 11.4 Å². The molecule has 146 valence electrons. The fourth-order valence-corrected chi connectivity index (χ4v) is 3.12. The average molecular weight is 363 g/mol. The second kappa shape index (κ2) is 9.93. The van der Waals surface area contributed by atoms with Gasteiger partial charge in [0.15, 0.2) is 0 Å². The monoisotopic (exact) mass is 362 g/mol. The SMILES string of the molecule is Cc1ccc(C)c(OCCCCC(=O)NCC(C)(C)N2CCOCC2)c1. The molecule has 0 bridgehead atoms. The van der Waals surface area contributed by atoms with Crippen LogP contribution in [-0.2, 0) is 9.53 Å². The minimum Gasteiger partial charge on any atom is -0.493 e. The minimum atomic E-state index is -0.0365. The quantitative estimate of drug-likeness (QED) is 0.686. The van der Waals surface area contributed by atoms with Gasteiger partial charge in [-0.2, -0.15) is 0 Å². The molecule has 1 aromatic rings. The Morgan fingerprint density at radius 1 is 1.23 bits per heavy atom. The van der Waals surface area contributed by atoms with Crippen molar-refractivity contribution in [3.05, 3.63) is 29.3 Å². The van der Waals surface area contributed by atoms with E-state index in [0.717, 1.165) is 50.5 Å². The van der Waals surface area contributed by atoms with E-state index in [2.05, 4.69) is 56.1 Å². The normalized spacial score (nSPS) is 15.7. The summed E-state index contributed by atoms with van der Waals surface area (Å²) in [6.45, 7) is 13.2. The molecule has 5 heteroatoms. The number of carbonyl (C=O) groups excluding carboxylic acids is 1. The molecule has 1 aliphatic rings. The van der Waals surface area contributed by atoms with Crippen LogP contribution in [0.25, 0.3) is 0 Å². The number of hydrogen-bond donors (Lipinski definition) is 1. The summed E-state index contributed by atoms with van der Waals surface area (Å²) in [6.07, 6.45) is 2.28. The molecule has 1 amide bonds. The zero-order chi connectivity index (χ0) is 19.0. The minimum absolute atomic E-state index is 0.0365.